The molecule has 2 aromatic rings. The van der Waals surface area contributed by atoms with Crippen LogP contribution in [0.1, 0.15) is 12.0 Å². The van der Waals surface area contributed by atoms with Gasteiger partial charge in [-0.2, -0.15) is 0 Å². The first-order valence-corrected chi connectivity index (χ1v) is 4.43. The molecule has 1 radical (unpaired) electrons. The summed E-state index contributed by atoms with van der Waals surface area (Å²) in [5, 5.41) is 1.27. The van der Waals surface area contributed by atoms with Crippen molar-refractivity contribution in [2.75, 3.05) is 0 Å². The van der Waals surface area contributed by atoms with Crippen LogP contribution in [0.3, 0.4) is 0 Å². The lowest BCUT2D eigenvalue weighted by Gasteiger charge is -2.14. The fraction of sp³-hybridized carbons (Fsp3) is 0.273. The van der Waals surface area contributed by atoms with Crippen LogP contribution in [0.2, 0.25) is 0 Å². The molecule has 59 valence electrons. The van der Waals surface area contributed by atoms with Crippen LogP contribution < -0.4 is 0 Å². The van der Waals surface area contributed by atoms with Crippen molar-refractivity contribution in [3.63, 3.8) is 0 Å². The Hall–Kier alpha value is -1.24. The molecule has 0 bridgehead atoms. The lowest BCUT2D eigenvalue weighted by atomic mass is 10.0. The maximum Gasteiger partial charge on any atom is 0.0519 e. The zero-order chi connectivity index (χ0) is 7.97. The molecule has 1 aliphatic heterocycles. The number of hydrogen-bond acceptors (Lipinski definition) is 0. The number of aryl methyl sites for hydroxylation is 2. The summed E-state index contributed by atoms with van der Waals surface area (Å²) < 4.78 is 2.31. The summed E-state index contributed by atoms with van der Waals surface area (Å²) in [7, 11) is 0. The molecule has 1 heteroatoms. The fourth-order valence-electron chi connectivity index (χ4n) is 2.08. The molecule has 0 unspecified atom stereocenters. The first-order valence-electron chi connectivity index (χ1n) is 4.43. The fourth-order valence-corrected chi connectivity index (χ4v) is 2.08. The number of para-hydroxylation sites is 1. The smallest absolute Gasteiger partial charge is 0.0519 e. The van der Waals surface area contributed by atoms with Crippen molar-refractivity contribution in [1.82, 2.24) is 4.57 Å². The van der Waals surface area contributed by atoms with Gasteiger partial charge in [-0.25, -0.2) is 0 Å². The van der Waals surface area contributed by atoms with Gasteiger partial charge >= 0.3 is 0 Å². The second-order valence-electron chi connectivity index (χ2n) is 3.38. The van der Waals surface area contributed by atoms with E-state index in [-0.39, 0.29) is 0 Å². The SMILES string of the molecule is [c]1cn2c3c(cccc13)CCC2. The zero-order valence-corrected chi connectivity index (χ0v) is 6.88. The van der Waals surface area contributed by atoms with E-state index in [1.165, 1.54) is 29.3 Å². The quantitative estimate of drug-likeness (QED) is 0.552. The molecule has 2 heterocycles. The summed E-state index contributed by atoms with van der Waals surface area (Å²) in [6, 6.07) is 9.78. The molecular formula is C11H10N. The Labute approximate surface area is 71.6 Å². The standard InChI is InChI=1S/C11H10N/c1-3-9-5-2-7-12-8-6-10(4-1)11(9)12/h1,3-4,8H,2,5,7H2. The number of aromatic nitrogens is 1. The molecule has 1 nitrogen and oxygen atoms in total. The Kier molecular flexibility index (Phi) is 1.12. The average molecular weight is 156 g/mol. The lowest BCUT2D eigenvalue weighted by molar-refractivity contribution is 0.636. The summed E-state index contributed by atoms with van der Waals surface area (Å²) in [4.78, 5) is 0. The highest BCUT2D eigenvalue weighted by atomic mass is 15.0. The Balaban J connectivity index is 2.50. The molecular weight excluding hydrogens is 146 g/mol. The van der Waals surface area contributed by atoms with Gasteiger partial charge in [-0.05, 0) is 18.4 Å². The van der Waals surface area contributed by atoms with Crippen LogP contribution >= 0.6 is 0 Å². The third-order valence-electron chi connectivity index (χ3n) is 2.63. The highest BCUT2D eigenvalue weighted by molar-refractivity contribution is 5.83. The van der Waals surface area contributed by atoms with E-state index in [9.17, 15) is 0 Å². The number of rotatable bonds is 0. The molecule has 12 heavy (non-hydrogen) atoms. The molecule has 3 rings (SSSR count). The summed E-state index contributed by atoms with van der Waals surface area (Å²) in [6.07, 6.45) is 4.58. The van der Waals surface area contributed by atoms with Gasteiger partial charge in [0.1, 0.15) is 0 Å². The summed E-state index contributed by atoms with van der Waals surface area (Å²) >= 11 is 0. The van der Waals surface area contributed by atoms with E-state index in [0.29, 0.717) is 0 Å². The van der Waals surface area contributed by atoms with Gasteiger partial charge in [-0.15, -0.1) is 0 Å². The minimum Gasteiger partial charge on any atom is -0.347 e. The number of benzene rings is 1. The van der Waals surface area contributed by atoms with E-state index in [2.05, 4.69) is 35.0 Å². The van der Waals surface area contributed by atoms with Crippen molar-refractivity contribution >= 4 is 10.9 Å². The van der Waals surface area contributed by atoms with Crippen molar-refractivity contribution < 1.29 is 0 Å². The van der Waals surface area contributed by atoms with Crippen LogP contribution in [-0.4, -0.2) is 4.57 Å². The van der Waals surface area contributed by atoms with Crippen LogP contribution in [0, 0.1) is 6.07 Å². The van der Waals surface area contributed by atoms with Crippen molar-refractivity contribution in [3.8, 4) is 0 Å². The van der Waals surface area contributed by atoms with E-state index in [4.69, 9.17) is 0 Å². The van der Waals surface area contributed by atoms with Crippen molar-refractivity contribution in [1.29, 1.82) is 0 Å². The molecule has 0 saturated carbocycles. The van der Waals surface area contributed by atoms with Gasteiger partial charge in [0.05, 0.1) is 5.52 Å². The molecule has 0 aliphatic carbocycles. The van der Waals surface area contributed by atoms with Crippen LogP contribution in [-0.2, 0) is 13.0 Å². The van der Waals surface area contributed by atoms with Gasteiger partial charge < -0.3 is 4.57 Å². The molecule has 1 aromatic heterocycles. The van der Waals surface area contributed by atoms with Crippen LogP contribution in [0.25, 0.3) is 10.9 Å². The van der Waals surface area contributed by atoms with Crippen LogP contribution in [0.5, 0.6) is 0 Å². The van der Waals surface area contributed by atoms with Gasteiger partial charge in [0, 0.05) is 24.2 Å². The van der Waals surface area contributed by atoms with Gasteiger partial charge in [0.15, 0.2) is 0 Å². The van der Waals surface area contributed by atoms with E-state index in [1.807, 2.05) is 0 Å². The molecule has 0 fully saturated rings. The lowest BCUT2D eigenvalue weighted by Crippen LogP contribution is -2.05. The maximum absolute atomic E-state index is 3.28. The second kappa shape index (κ2) is 2.13. The molecule has 1 aliphatic rings. The third kappa shape index (κ3) is 0.685. The third-order valence-corrected chi connectivity index (χ3v) is 2.63. The van der Waals surface area contributed by atoms with Crippen molar-refractivity contribution in [3.05, 3.63) is 36.0 Å². The van der Waals surface area contributed by atoms with Gasteiger partial charge in [-0.3, -0.25) is 0 Å². The first kappa shape index (κ1) is 6.30. The molecule has 1 aromatic carbocycles. The Morgan fingerprint density at radius 1 is 1.33 bits per heavy atom. The number of nitrogens with zero attached hydrogens (tertiary/aromatic N) is 1. The normalized spacial score (nSPS) is 15.3. The molecule has 0 saturated heterocycles. The first-order chi connectivity index (χ1) is 5.95. The highest BCUT2D eigenvalue weighted by Crippen LogP contribution is 2.24. The van der Waals surface area contributed by atoms with Crippen molar-refractivity contribution in [2.24, 2.45) is 0 Å². The van der Waals surface area contributed by atoms with Crippen LogP contribution in [0.15, 0.2) is 24.4 Å². The van der Waals surface area contributed by atoms with Crippen molar-refractivity contribution in [2.45, 2.75) is 19.4 Å². The average Bonchev–Trinajstić information content (AvgIpc) is 2.52. The largest absolute Gasteiger partial charge is 0.347 e. The minimum atomic E-state index is 1.16. The van der Waals surface area contributed by atoms with E-state index < -0.39 is 0 Å². The topological polar surface area (TPSA) is 4.93 Å². The summed E-state index contributed by atoms with van der Waals surface area (Å²) in [5.74, 6) is 0. The van der Waals surface area contributed by atoms with E-state index >= 15 is 0 Å². The Bertz CT molecular complexity index is 425. The molecule has 0 spiro atoms. The zero-order valence-electron chi connectivity index (χ0n) is 6.88. The molecule has 0 N–H and O–H groups in total. The summed E-state index contributed by atoms with van der Waals surface area (Å²) in [5.41, 5.74) is 2.89. The summed E-state index contributed by atoms with van der Waals surface area (Å²) in [6.45, 7) is 1.16. The predicted molar refractivity (Wildman–Crippen MR) is 49.1 cm³/mol. The molecule has 0 amide bonds. The predicted octanol–water partition coefficient (Wildman–Crippen LogP) is 2.39. The van der Waals surface area contributed by atoms with E-state index in [1.54, 1.807) is 0 Å². The van der Waals surface area contributed by atoms with Crippen LogP contribution in [0.4, 0.5) is 0 Å². The Morgan fingerprint density at radius 2 is 2.33 bits per heavy atom. The maximum atomic E-state index is 3.28. The van der Waals surface area contributed by atoms with Gasteiger partial charge in [0.25, 0.3) is 0 Å². The van der Waals surface area contributed by atoms with E-state index in [0.717, 1.165) is 6.54 Å². The van der Waals surface area contributed by atoms with Gasteiger partial charge in [-0.1, -0.05) is 18.2 Å². The van der Waals surface area contributed by atoms with Gasteiger partial charge in [0.2, 0.25) is 0 Å². The molecule has 0 atom stereocenters. The second-order valence-corrected chi connectivity index (χ2v) is 3.38. The monoisotopic (exact) mass is 156 g/mol. The Morgan fingerprint density at radius 3 is 3.33 bits per heavy atom. The highest BCUT2D eigenvalue weighted by Gasteiger charge is 2.10. The number of hydrogen-bond donors (Lipinski definition) is 0. The minimum absolute atomic E-state index is 1.16.